The highest BCUT2D eigenvalue weighted by Gasteiger charge is 2.31. The lowest BCUT2D eigenvalue weighted by molar-refractivity contribution is -0.274. The summed E-state index contributed by atoms with van der Waals surface area (Å²) in [5, 5.41) is 0. The molecule has 1 aromatic heterocycles. The molecule has 2 heterocycles. The van der Waals surface area contributed by atoms with Gasteiger partial charge >= 0.3 is 6.36 Å². The Kier molecular flexibility index (Phi) is 6.03. The van der Waals surface area contributed by atoms with E-state index >= 15 is 0 Å². The van der Waals surface area contributed by atoms with Gasteiger partial charge in [0.15, 0.2) is 0 Å². The number of nitrogens with zero attached hydrogens (tertiary/aromatic N) is 3. The fourth-order valence-electron chi connectivity index (χ4n) is 3.05. The lowest BCUT2D eigenvalue weighted by atomic mass is 10.1. The molecule has 0 N–H and O–H groups in total. The summed E-state index contributed by atoms with van der Waals surface area (Å²) >= 11 is 0. The second-order valence-electron chi connectivity index (χ2n) is 6.32. The summed E-state index contributed by atoms with van der Waals surface area (Å²) in [4.78, 5) is 20.6. The van der Waals surface area contributed by atoms with Crippen molar-refractivity contribution in [2.24, 2.45) is 0 Å². The fourth-order valence-corrected chi connectivity index (χ4v) is 3.05. The molecule has 3 rings (SSSR count). The molecule has 1 saturated heterocycles. The molecule has 0 bridgehead atoms. The van der Waals surface area contributed by atoms with Crippen molar-refractivity contribution in [2.75, 3.05) is 33.3 Å². The second-order valence-corrected chi connectivity index (χ2v) is 6.32. The number of methoxy groups -OCH3 is 1. The Morgan fingerprint density at radius 1 is 1.11 bits per heavy atom. The summed E-state index contributed by atoms with van der Waals surface area (Å²) in [6.45, 7) is 3.01. The molecule has 0 unspecified atom stereocenters. The van der Waals surface area contributed by atoms with Crippen molar-refractivity contribution in [1.82, 2.24) is 14.8 Å². The van der Waals surface area contributed by atoms with Gasteiger partial charge < -0.3 is 14.4 Å². The molecular weight excluding hydrogens is 375 g/mol. The minimum absolute atomic E-state index is 0.127. The molecule has 1 fully saturated rings. The average molecular weight is 395 g/mol. The molecule has 150 valence electrons. The van der Waals surface area contributed by atoms with E-state index < -0.39 is 6.36 Å². The van der Waals surface area contributed by atoms with Crippen molar-refractivity contribution in [2.45, 2.75) is 12.9 Å². The molecule has 0 radical (unpaired) electrons. The summed E-state index contributed by atoms with van der Waals surface area (Å²) in [7, 11) is 1.47. The van der Waals surface area contributed by atoms with Crippen LogP contribution in [0.3, 0.4) is 0 Å². The first kappa shape index (κ1) is 19.9. The van der Waals surface area contributed by atoms with Gasteiger partial charge in [0.05, 0.1) is 7.11 Å². The van der Waals surface area contributed by atoms with Crippen LogP contribution in [0.2, 0.25) is 0 Å². The molecule has 28 heavy (non-hydrogen) atoms. The number of carbonyl (C=O) groups excluding carboxylic acids is 1. The second kappa shape index (κ2) is 8.47. The van der Waals surface area contributed by atoms with Gasteiger partial charge in [0, 0.05) is 38.9 Å². The number of aromatic nitrogens is 1. The number of hydrogen-bond acceptors (Lipinski definition) is 5. The van der Waals surface area contributed by atoms with Gasteiger partial charge in [-0.3, -0.25) is 9.69 Å². The molecule has 1 amide bonds. The highest BCUT2D eigenvalue weighted by Crippen LogP contribution is 2.23. The summed E-state index contributed by atoms with van der Waals surface area (Å²) in [6, 6.07) is 9.20. The van der Waals surface area contributed by atoms with Crippen LogP contribution in [0.4, 0.5) is 13.2 Å². The Labute approximate surface area is 160 Å². The van der Waals surface area contributed by atoms with E-state index in [9.17, 15) is 18.0 Å². The van der Waals surface area contributed by atoms with Gasteiger partial charge in [-0.15, -0.1) is 13.2 Å². The molecule has 1 aliphatic heterocycles. The van der Waals surface area contributed by atoms with Crippen LogP contribution in [0.5, 0.6) is 11.6 Å². The molecule has 6 nitrogen and oxygen atoms in total. The average Bonchev–Trinajstić information content (AvgIpc) is 2.68. The number of piperazine rings is 1. The highest BCUT2D eigenvalue weighted by atomic mass is 19.4. The molecule has 0 atom stereocenters. The number of carbonyl (C=O) groups is 1. The maximum absolute atomic E-state index is 12.7. The Morgan fingerprint density at radius 2 is 1.79 bits per heavy atom. The van der Waals surface area contributed by atoms with Gasteiger partial charge in [-0.25, -0.2) is 4.98 Å². The predicted octanol–water partition coefficient (Wildman–Crippen LogP) is 2.95. The molecule has 0 spiro atoms. The molecular formula is C19H20F3N3O3. The van der Waals surface area contributed by atoms with Gasteiger partial charge in [0.1, 0.15) is 11.3 Å². The largest absolute Gasteiger partial charge is 0.573 e. The molecule has 1 aliphatic rings. The van der Waals surface area contributed by atoms with Crippen molar-refractivity contribution in [3.05, 3.63) is 53.7 Å². The number of amides is 1. The summed E-state index contributed by atoms with van der Waals surface area (Å²) < 4.78 is 45.7. The van der Waals surface area contributed by atoms with E-state index in [1.165, 1.54) is 19.2 Å². The number of alkyl halides is 3. The molecule has 0 saturated carbocycles. The monoisotopic (exact) mass is 395 g/mol. The van der Waals surface area contributed by atoms with Crippen LogP contribution < -0.4 is 9.47 Å². The smallest absolute Gasteiger partial charge is 0.480 e. The van der Waals surface area contributed by atoms with E-state index in [-0.39, 0.29) is 11.7 Å². The summed E-state index contributed by atoms with van der Waals surface area (Å²) in [6.07, 6.45) is -3.13. The molecule has 0 aliphatic carbocycles. The van der Waals surface area contributed by atoms with E-state index in [2.05, 4.69) is 14.6 Å². The number of hydrogen-bond donors (Lipinski definition) is 0. The van der Waals surface area contributed by atoms with Crippen LogP contribution in [0.15, 0.2) is 42.6 Å². The van der Waals surface area contributed by atoms with Gasteiger partial charge in [-0.1, -0.05) is 12.1 Å². The van der Waals surface area contributed by atoms with Crippen LogP contribution >= 0.6 is 0 Å². The summed E-state index contributed by atoms with van der Waals surface area (Å²) in [5.41, 5.74) is 1.31. The van der Waals surface area contributed by atoms with E-state index in [4.69, 9.17) is 4.74 Å². The van der Waals surface area contributed by atoms with Crippen molar-refractivity contribution in [3.8, 4) is 11.6 Å². The maximum atomic E-state index is 12.7. The molecule has 9 heteroatoms. The lowest BCUT2D eigenvalue weighted by Crippen LogP contribution is -2.48. The third-order valence-corrected chi connectivity index (χ3v) is 4.42. The third-order valence-electron chi connectivity index (χ3n) is 4.42. The maximum Gasteiger partial charge on any atom is 0.573 e. The SMILES string of the molecule is COc1ncccc1C(=O)N1CCN(Cc2ccc(OC(F)(F)F)cc2)CC1. The molecule has 1 aromatic carbocycles. The number of ether oxygens (including phenoxy) is 2. The van der Waals surface area contributed by atoms with Crippen LogP contribution in [-0.4, -0.2) is 60.3 Å². The minimum Gasteiger partial charge on any atom is -0.480 e. The molecule has 2 aromatic rings. The van der Waals surface area contributed by atoms with E-state index in [0.29, 0.717) is 44.2 Å². The Hall–Kier alpha value is -2.81. The zero-order valence-corrected chi connectivity index (χ0v) is 15.3. The number of pyridine rings is 1. The standard InChI is InChI=1S/C19H20F3N3O3/c1-27-17-16(3-2-8-23-17)18(26)25-11-9-24(10-12-25)13-14-4-6-15(7-5-14)28-19(20,21)22/h2-8H,9-13H2,1H3. The normalized spacial score (nSPS) is 15.4. The third kappa shape index (κ3) is 5.13. The van der Waals surface area contributed by atoms with Crippen molar-refractivity contribution >= 4 is 5.91 Å². The first-order valence-corrected chi connectivity index (χ1v) is 8.71. The lowest BCUT2D eigenvalue weighted by Gasteiger charge is -2.34. The number of rotatable bonds is 5. The summed E-state index contributed by atoms with van der Waals surface area (Å²) in [5.74, 6) is -0.0635. The van der Waals surface area contributed by atoms with Gasteiger partial charge in [0.2, 0.25) is 5.88 Å². The fraction of sp³-hybridized carbons (Fsp3) is 0.368. The topological polar surface area (TPSA) is 54.9 Å². The number of benzene rings is 1. The van der Waals surface area contributed by atoms with Crippen LogP contribution in [0.1, 0.15) is 15.9 Å². The minimum atomic E-state index is -4.69. The first-order valence-electron chi connectivity index (χ1n) is 8.71. The van der Waals surface area contributed by atoms with Crippen LogP contribution in [0.25, 0.3) is 0 Å². The van der Waals surface area contributed by atoms with Crippen molar-refractivity contribution < 1.29 is 27.4 Å². The number of halogens is 3. The van der Waals surface area contributed by atoms with Crippen LogP contribution in [-0.2, 0) is 6.54 Å². The highest BCUT2D eigenvalue weighted by molar-refractivity contribution is 5.96. The Bertz CT molecular complexity index is 804. The van der Waals surface area contributed by atoms with E-state index in [0.717, 1.165) is 5.56 Å². The van der Waals surface area contributed by atoms with Gasteiger partial charge in [0.25, 0.3) is 5.91 Å². The Balaban J connectivity index is 1.53. The van der Waals surface area contributed by atoms with Gasteiger partial charge in [-0.2, -0.15) is 0 Å². The van der Waals surface area contributed by atoms with E-state index in [1.807, 2.05) is 0 Å². The van der Waals surface area contributed by atoms with Gasteiger partial charge in [-0.05, 0) is 29.8 Å². The Morgan fingerprint density at radius 3 is 2.39 bits per heavy atom. The zero-order chi connectivity index (χ0) is 20.1. The predicted molar refractivity (Wildman–Crippen MR) is 95.1 cm³/mol. The van der Waals surface area contributed by atoms with E-state index in [1.54, 1.807) is 35.4 Å². The van der Waals surface area contributed by atoms with Crippen LogP contribution in [0, 0.1) is 0 Å². The quantitative estimate of drug-likeness (QED) is 0.779. The van der Waals surface area contributed by atoms with Crippen molar-refractivity contribution in [1.29, 1.82) is 0 Å². The first-order chi connectivity index (χ1) is 13.4. The zero-order valence-electron chi connectivity index (χ0n) is 15.3. The van der Waals surface area contributed by atoms with Crippen molar-refractivity contribution in [3.63, 3.8) is 0 Å².